The molecule has 0 aromatic rings. The number of carboxylic acids is 3. The molecule has 0 fully saturated rings. The van der Waals surface area contributed by atoms with Gasteiger partial charge < -0.3 is 62.9 Å². The zero-order valence-electron chi connectivity index (χ0n) is 15.8. The Labute approximate surface area is 226 Å². The van der Waals surface area contributed by atoms with Crippen LogP contribution >= 0.6 is 0 Å². The van der Waals surface area contributed by atoms with Crippen molar-refractivity contribution < 1.29 is 149 Å². The molecule has 15 nitrogen and oxygen atoms in total. The molecule has 150 valence electrons. The monoisotopic (exact) mass is 443 g/mol. The third kappa shape index (κ3) is 50.6. The fourth-order valence-electron chi connectivity index (χ4n) is 0.234. The third-order valence-electron chi connectivity index (χ3n) is 1.54. The molecule has 28 heavy (non-hydrogen) atoms. The van der Waals surface area contributed by atoms with E-state index in [1.54, 1.807) is 0 Å². The number of carboxylic acid groups (broad SMARTS) is 3. The van der Waals surface area contributed by atoms with E-state index in [-0.39, 0.29) is 88.7 Å². The van der Waals surface area contributed by atoms with E-state index in [4.69, 9.17) is 62.9 Å². The van der Waals surface area contributed by atoms with Crippen LogP contribution in [0.4, 0.5) is 0 Å². The summed E-state index contributed by atoms with van der Waals surface area (Å²) in [5.41, 5.74) is 14.3. The van der Waals surface area contributed by atoms with Crippen molar-refractivity contribution >= 4 is 25.2 Å². The summed E-state index contributed by atoms with van der Waals surface area (Å²) in [7, 11) is -2.92. The van der Waals surface area contributed by atoms with E-state index in [0.29, 0.717) is 0 Å². The summed E-state index contributed by atoms with van der Waals surface area (Å²) in [6.45, 7) is -1.51. The quantitative estimate of drug-likeness (QED) is 0.172. The van der Waals surface area contributed by atoms with Crippen LogP contribution in [-0.4, -0.2) is 93.8 Å². The second-order valence-electron chi connectivity index (χ2n) is 3.67. The van der Waals surface area contributed by atoms with Gasteiger partial charge in [0.1, 0.15) is 18.1 Å². The van der Waals surface area contributed by atoms with Gasteiger partial charge in [0, 0.05) is 0 Å². The van der Waals surface area contributed by atoms with E-state index in [1.165, 1.54) is 0 Å². The Morgan fingerprint density at radius 1 is 0.643 bits per heavy atom. The van der Waals surface area contributed by atoms with Crippen LogP contribution < -0.4 is 121 Å². The Balaban J connectivity index is -0.0000000412. The first kappa shape index (κ1) is 47.1. The largest absolute Gasteiger partial charge is 1.00 e. The second kappa shape index (κ2) is 32.8. The minimum absolute atomic E-state index is 0. The molecule has 0 amide bonds. The first-order valence-electron chi connectivity index (χ1n) is 6.03. The van der Waals surface area contributed by atoms with Crippen LogP contribution in [0.5, 0.6) is 0 Å². The molecule has 0 radical (unpaired) electrons. The number of aliphatic hydroxyl groups is 3. The Morgan fingerprint density at radius 2 is 0.750 bits per heavy atom. The van der Waals surface area contributed by atoms with Gasteiger partial charge in [0.05, 0.1) is 19.8 Å². The Kier molecular flexibility index (Phi) is 55.1. The van der Waals surface area contributed by atoms with Gasteiger partial charge in [-0.1, -0.05) is 0 Å². The van der Waals surface area contributed by atoms with Gasteiger partial charge in [0.25, 0.3) is 0 Å². The summed E-state index contributed by atoms with van der Waals surface area (Å²) in [6.07, 6.45) is 0. The Hall–Kier alpha value is 1.11. The SMILES string of the molecule is N[C@@H](CO)C(=O)O.N[C@@H](CO)C(=O)O.N[C@@H](CO)C(=O)O.[Na+].[Na+].[Na+].[O-]B([O-])[O-]. The summed E-state index contributed by atoms with van der Waals surface area (Å²) >= 11 is 0. The topological polar surface area (TPSA) is 320 Å². The summed E-state index contributed by atoms with van der Waals surface area (Å²) < 4.78 is 0. The molecular weight excluding hydrogens is 422 g/mol. The zero-order chi connectivity index (χ0) is 21.2. The first-order valence-corrected chi connectivity index (χ1v) is 6.03. The number of nitrogens with two attached hydrogens (primary N) is 3. The van der Waals surface area contributed by atoms with Crippen molar-refractivity contribution in [1.29, 1.82) is 0 Å². The molecule has 0 aliphatic carbocycles. The van der Waals surface area contributed by atoms with Gasteiger partial charge in [-0.2, -0.15) is 0 Å². The first-order chi connectivity index (χ1) is 11.3. The summed E-state index contributed by atoms with van der Waals surface area (Å²) in [5.74, 6) is -3.53. The van der Waals surface area contributed by atoms with Crippen LogP contribution in [0.3, 0.4) is 0 Å². The van der Waals surface area contributed by atoms with Gasteiger partial charge in [-0.25, -0.2) is 0 Å². The van der Waals surface area contributed by atoms with Gasteiger partial charge >= 0.3 is 107 Å². The minimum atomic E-state index is -2.92. The molecular formula is C9H21BN3Na3O12. The molecule has 0 spiro atoms. The summed E-state index contributed by atoms with van der Waals surface area (Å²) in [4.78, 5) is 28.9. The fraction of sp³-hybridized carbons (Fsp3) is 0.667. The maximum atomic E-state index is 9.65. The van der Waals surface area contributed by atoms with Gasteiger partial charge in [0.15, 0.2) is 0 Å². The minimum Gasteiger partial charge on any atom is -0.907 e. The van der Waals surface area contributed by atoms with Crippen molar-refractivity contribution in [2.45, 2.75) is 18.1 Å². The zero-order valence-corrected chi connectivity index (χ0v) is 21.8. The number of aliphatic carboxylic acids is 3. The third-order valence-corrected chi connectivity index (χ3v) is 1.54. The molecule has 0 rings (SSSR count). The second-order valence-corrected chi connectivity index (χ2v) is 3.67. The normalized spacial score (nSPS) is 11.0. The standard InChI is InChI=1S/3C3H7NO3.BO3.3Na/c3*4-2(1-5)3(6)7;2-1(3)4;;;/h3*2,5H,1,4H2,(H,6,7);;;;/q;;;-3;3*+1/t3*2-;;;;/m000..../s1. The van der Waals surface area contributed by atoms with Crippen molar-refractivity contribution in [3.63, 3.8) is 0 Å². The van der Waals surface area contributed by atoms with E-state index < -0.39 is 63.2 Å². The Morgan fingerprint density at radius 3 is 0.750 bits per heavy atom. The van der Waals surface area contributed by atoms with Crippen LogP contribution in [0.25, 0.3) is 0 Å². The molecule has 12 N–H and O–H groups in total. The van der Waals surface area contributed by atoms with Gasteiger partial charge in [0.2, 0.25) is 0 Å². The summed E-state index contributed by atoms with van der Waals surface area (Å²) in [6, 6.07) is -3.38. The molecule has 3 atom stereocenters. The Bertz CT molecular complexity index is 322. The smallest absolute Gasteiger partial charge is 0.907 e. The van der Waals surface area contributed by atoms with Gasteiger partial charge in [-0.3, -0.25) is 21.7 Å². The van der Waals surface area contributed by atoms with Gasteiger partial charge in [-0.05, 0) is 0 Å². The predicted octanol–water partition coefficient (Wildman–Crippen LogP) is -17.8. The molecule has 0 unspecified atom stereocenters. The number of rotatable bonds is 6. The number of carbonyl (C=O) groups is 3. The molecule has 0 saturated heterocycles. The molecule has 0 heterocycles. The average molecular weight is 443 g/mol. The number of hydrogen-bond donors (Lipinski definition) is 9. The molecule has 0 aliphatic heterocycles. The van der Waals surface area contributed by atoms with Crippen LogP contribution in [0.1, 0.15) is 0 Å². The maximum absolute atomic E-state index is 9.65. The summed E-state index contributed by atoms with van der Waals surface area (Å²) in [5, 5.41) is 72.9. The van der Waals surface area contributed by atoms with E-state index >= 15 is 0 Å². The molecule has 0 aliphatic rings. The predicted molar refractivity (Wildman–Crippen MR) is 73.8 cm³/mol. The van der Waals surface area contributed by atoms with Crippen molar-refractivity contribution in [1.82, 2.24) is 0 Å². The van der Waals surface area contributed by atoms with Crippen molar-refractivity contribution in [3.8, 4) is 0 Å². The fourth-order valence-corrected chi connectivity index (χ4v) is 0.234. The molecule has 0 aromatic carbocycles. The molecule has 19 heteroatoms. The van der Waals surface area contributed by atoms with Crippen molar-refractivity contribution in [3.05, 3.63) is 0 Å². The van der Waals surface area contributed by atoms with Crippen LogP contribution in [0, 0.1) is 0 Å². The van der Waals surface area contributed by atoms with Crippen LogP contribution in [-0.2, 0) is 14.4 Å². The van der Waals surface area contributed by atoms with Crippen LogP contribution in [0.2, 0.25) is 0 Å². The van der Waals surface area contributed by atoms with E-state index in [0.717, 1.165) is 0 Å². The number of hydrogen-bond acceptors (Lipinski definition) is 12. The van der Waals surface area contributed by atoms with Gasteiger partial charge in [-0.15, -0.1) is 0 Å². The number of aliphatic hydroxyl groups excluding tert-OH is 3. The molecule has 0 bridgehead atoms. The molecule has 0 saturated carbocycles. The van der Waals surface area contributed by atoms with E-state index in [2.05, 4.69) is 0 Å². The van der Waals surface area contributed by atoms with Crippen molar-refractivity contribution in [2.75, 3.05) is 19.8 Å². The van der Waals surface area contributed by atoms with Crippen LogP contribution in [0.15, 0.2) is 0 Å². The average Bonchev–Trinajstić information content (AvgIpc) is 2.52. The van der Waals surface area contributed by atoms with E-state index in [1.807, 2.05) is 0 Å². The molecule has 0 aromatic heterocycles. The van der Waals surface area contributed by atoms with Crippen molar-refractivity contribution in [2.24, 2.45) is 17.2 Å². The van der Waals surface area contributed by atoms with E-state index in [9.17, 15) is 14.4 Å². The maximum Gasteiger partial charge on any atom is 1.00 e.